The number of phenolic OH excluding ortho intramolecular Hbond substituents is 1. The number of carbonyl (C=O) groups excluding carboxylic acids is 1. The van der Waals surface area contributed by atoms with Gasteiger partial charge in [0.1, 0.15) is 17.2 Å². The summed E-state index contributed by atoms with van der Waals surface area (Å²) in [7, 11) is 7.40. The van der Waals surface area contributed by atoms with Crippen molar-refractivity contribution >= 4 is 22.8 Å². The first-order valence-electron chi connectivity index (χ1n) is 9.37. The highest BCUT2D eigenvalue weighted by molar-refractivity contribution is 6.16. The maximum atomic E-state index is 13.1. The Hall–Kier alpha value is -3.25. The van der Waals surface area contributed by atoms with E-state index in [9.17, 15) is 9.90 Å². The summed E-state index contributed by atoms with van der Waals surface area (Å²) in [5.41, 5.74) is 3.74. The van der Waals surface area contributed by atoms with E-state index in [0.29, 0.717) is 29.0 Å². The van der Waals surface area contributed by atoms with E-state index in [-0.39, 0.29) is 17.3 Å². The molecule has 0 amide bonds. The number of benzene rings is 2. The van der Waals surface area contributed by atoms with Gasteiger partial charge in [0.2, 0.25) is 5.78 Å². The van der Waals surface area contributed by atoms with E-state index in [1.165, 1.54) is 0 Å². The molecule has 4 rings (SSSR count). The predicted molar refractivity (Wildman–Crippen MR) is 113 cm³/mol. The summed E-state index contributed by atoms with van der Waals surface area (Å²) in [6, 6.07) is 7.47. The van der Waals surface area contributed by atoms with Crippen LogP contribution in [0.5, 0.6) is 17.2 Å². The lowest BCUT2D eigenvalue weighted by Crippen LogP contribution is -2.12. The molecule has 1 aromatic heterocycles. The Morgan fingerprint density at radius 2 is 2.03 bits per heavy atom. The summed E-state index contributed by atoms with van der Waals surface area (Å²) in [4.78, 5) is 15.0. The molecule has 2 heterocycles. The summed E-state index contributed by atoms with van der Waals surface area (Å²) < 4.78 is 13.4. The molecule has 0 unspecified atom stereocenters. The third-order valence-electron chi connectivity index (χ3n) is 5.21. The van der Waals surface area contributed by atoms with E-state index in [0.717, 1.165) is 22.2 Å². The Labute approximate surface area is 169 Å². The van der Waals surface area contributed by atoms with E-state index in [2.05, 4.69) is 0 Å². The van der Waals surface area contributed by atoms with E-state index in [4.69, 9.17) is 9.47 Å². The van der Waals surface area contributed by atoms with Crippen LogP contribution in [0.25, 0.3) is 17.0 Å². The van der Waals surface area contributed by atoms with Crippen molar-refractivity contribution in [2.75, 3.05) is 21.2 Å². The number of aromatic hydroxyl groups is 1. The molecule has 6 heteroatoms. The van der Waals surface area contributed by atoms with Crippen molar-refractivity contribution < 1.29 is 19.4 Å². The molecular weight excluding hydrogens is 368 g/mol. The third kappa shape index (κ3) is 3.15. The minimum Gasteiger partial charge on any atom is -0.507 e. The molecule has 150 valence electrons. The third-order valence-corrected chi connectivity index (χ3v) is 5.21. The van der Waals surface area contributed by atoms with Gasteiger partial charge in [-0.3, -0.25) is 4.79 Å². The highest BCUT2D eigenvalue weighted by Gasteiger charge is 2.33. The van der Waals surface area contributed by atoms with Crippen LogP contribution in [0.1, 0.15) is 27.0 Å². The van der Waals surface area contributed by atoms with Gasteiger partial charge in [-0.25, -0.2) is 0 Å². The van der Waals surface area contributed by atoms with Crippen LogP contribution < -0.4 is 9.47 Å². The van der Waals surface area contributed by atoms with Crippen molar-refractivity contribution in [3.63, 3.8) is 0 Å². The summed E-state index contributed by atoms with van der Waals surface area (Å²) >= 11 is 0. The van der Waals surface area contributed by atoms with E-state index in [1.807, 2.05) is 61.9 Å². The molecule has 0 spiro atoms. The van der Waals surface area contributed by atoms with Gasteiger partial charge in [-0.2, -0.15) is 0 Å². The van der Waals surface area contributed by atoms with Crippen LogP contribution in [0.2, 0.25) is 0 Å². The Balaban J connectivity index is 1.83. The molecule has 2 aromatic carbocycles. The Kier molecular flexibility index (Phi) is 4.59. The molecular formula is C23H24N2O4. The highest BCUT2D eigenvalue weighted by atomic mass is 16.5. The number of ether oxygens (including phenoxy) is 2. The first kappa shape index (κ1) is 19.1. The second-order valence-corrected chi connectivity index (χ2v) is 7.65. The van der Waals surface area contributed by atoms with Crippen molar-refractivity contribution in [2.24, 2.45) is 7.05 Å². The van der Waals surface area contributed by atoms with Crippen molar-refractivity contribution in [3.05, 3.63) is 58.5 Å². The summed E-state index contributed by atoms with van der Waals surface area (Å²) in [6.45, 7) is 2.28. The maximum Gasteiger partial charge on any atom is 0.232 e. The first-order chi connectivity index (χ1) is 13.8. The summed E-state index contributed by atoms with van der Waals surface area (Å²) in [5.74, 6) is 1.42. The molecule has 0 radical (unpaired) electrons. The molecule has 6 nitrogen and oxygen atoms in total. The van der Waals surface area contributed by atoms with Crippen molar-refractivity contribution in [3.8, 4) is 17.2 Å². The Bertz CT molecular complexity index is 1170. The summed E-state index contributed by atoms with van der Waals surface area (Å²) in [5, 5.41) is 11.4. The molecule has 3 aromatic rings. The number of phenols is 1. The number of fused-ring (bicyclic) bond motifs is 2. The van der Waals surface area contributed by atoms with Crippen LogP contribution in [-0.2, 0) is 13.6 Å². The zero-order valence-electron chi connectivity index (χ0n) is 17.2. The fraction of sp³-hybridized carbons (Fsp3) is 0.261. The molecule has 0 fully saturated rings. The molecule has 0 saturated carbocycles. The molecule has 0 atom stereocenters. The van der Waals surface area contributed by atoms with Gasteiger partial charge in [-0.1, -0.05) is 0 Å². The fourth-order valence-corrected chi connectivity index (χ4v) is 3.83. The monoisotopic (exact) mass is 392 g/mol. The quantitative estimate of drug-likeness (QED) is 0.683. The fourth-order valence-electron chi connectivity index (χ4n) is 3.83. The highest BCUT2D eigenvalue weighted by Crippen LogP contribution is 2.42. The minimum absolute atomic E-state index is 0.138. The number of ketones is 1. The zero-order chi connectivity index (χ0) is 20.9. The Morgan fingerprint density at radius 3 is 2.72 bits per heavy atom. The number of methoxy groups -OCH3 is 1. The number of hydrogen-bond acceptors (Lipinski definition) is 5. The van der Waals surface area contributed by atoms with E-state index in [1.54, 1.807) is 19.3 Å². The molecule has 29 heavy (non-hydrogen) atoms. The second-order valence-electron chi connectivity index (χ2n) is 7.65. The molecule has 1 aliphatic rings. The van der Waals surface area contributed by atoms with Gasteiger partial charge in [0.15, 0.2) is 5.76 Å². The number of aromatic nitrogens is 1. The number of aryl methyl sites for hydroxylation is 2. The summed E-state index contributed by atoms with van der Waals surface area (Å²) in [6.07, 6.45) is 3.72. The van der Waals surface area contributed by atoms with Crippen molar-refractivity contribution in [2.45, 2.75) is 13.5 Å². The minimum atomic E-state index is -0.169. The number of allylic oxidation sites excluding steroid dienone is 1. The average Bonchev–Trinajstić information content (AvgIpc) is 3.16. The largest absolute Gasteiger partial charge is 0.507 e. The van der Waals surface area contributed by atoms with Crippen LogP contribution in [0.3, 0.4) is 0 Å². The van der Waals surface area contributed by atoms with Gasteiger partial charge in [0.25, 0.3) is 0 Å². The van der Waals surface area contributed by atoms with Crippen LogP contribution >= 0.6 is 0 Å². The Morgan fingerprint density at radius 1 is 1.28 bits per heavy atom. The van der Waals surface area contributed by atoms with Crippen LogP contribution in [0.15, 0.2) is 36.2 Å². The topological polar surface area (TPSA) is 63.9 Å². The number of nitrogens with zero attached hydrogens (tertiary/aromatic N) is 2. The van der Waals surface area contributed by atoms with Gasteiger partial charge in [0.05, 0.1) is 18.2 Å². The maximum absolute atomic E-state index is 13.1. The lowest BCUT2D eigenvalue weighted by molar-refractivity contribution is 0.101. The average molecular weight is 392 g/mol. The molecule has 0 saturated heterocycles. The van der Waals surface area contributed by atoms with Crippen LogP contribution in [0.4, 0.5) is 0 Å². The van der Waals surface area contributed by atoms with Gasteiger partial charge in [0, 0.05) is 36.3 Å². The smallest absolute Gasteiger partial charge is 0.232 e. The van der Waals surface area contributed by atoms with Gasteiger partial charge in [-0.15, -0.1) is 0 Å². The number of rotatable bonds is 4. The van der Waals surface area contributed by atoms with Crippen molar-refractivity contribution in [1.82, 2.24) is 9.47 Å². The second kappa shape index (κ2) is 6.97. The van der Waals surface area contributed by atoms with Crippen LogP contribution in [0, 0.1) is 6.92 Å². The molecule has 0 aliphatic carbocycles. The van der Waals surface area contributed by atoms with E-state index >= 15 is 0 Å². The molecule has 1 N–H and O–H groups in total. The van der Waals surface area contributed by atoms with Gasteiger partial charge >= 0.3 is 0 Å². The normalized spacial score (nSPS) is 14.7. The number of Topliss-reactive ketones (excluding diaryl/α,β-unsaturated/α-hetero) is 1. The number of carbonyl (C=O) groups is 1. The lowest BCUT2D eigenvalue weighted by Gasteiger charge is -2.15. The van der Waals surface area contributed by atoms with Crippen molar-refractivity contribution in [1.29, 1.82) is 0 Å². The van der Waals surface area contributed by atoms with Crippen LogP contribution in [-0.4, -0.2) is 41.6 Å². The first-order valence-corrected chi connectivity index (χ1v) is 9.37. The molecule has 1 aliphatic heterocycles. The van der Waals surface area contributed by atoms with Gasteiger partial charge < -0.3 is 24.0 Å². The van der Waals surface area contributed by atoms with Gasteiger partial charge in [-0.05, 0) is 56.9 Å². The number of hydrogen-bond donors (Lipinski definition) is 1. The lowest BCUT2D eigenvalue weighted by atomic mass is 9.99. The van der Waals surface area contributed by atoms with E-state index < -0.39 is 0 Å². The predicted octanol–water partition coefficient (Wildman–Crippen LogP) is 3.88. The zero-order valence-corrected chi connectivity index (χ0v) is 17.2. The standard InChI is InChI=1S/C23H24N2O4/c1-13-8-19(26)17(12-24(2)3)23-21(13)22(27)20(29-23)9-14-11-25(4)18-7-6-15(28-5)10-16(14)18/h6-11,26H,12H2,1-5H3/b20-9-. The molecule has 0 bridgehead atoms. The SMILES string of the molecule is COc1ccc2c(c1)c(/C=C1\Oc3c(CN(C)C)c(O)cc(C)c3C1=O)cn2C.